The molecule has 182 valence electrons. The van der Waals surface area contributed by atoms with Gasteiger partial charge in [0.05, 0.1) is 17.0 Å². The minimum atomic E-state index is -1.21. The molecule has 1 aliphatic rings. The summed E-state index contributed by atoms with van der Waals surface area (Å²) in [5.74, 6) is -1.20. The van der Waals surface area contributed by atoms with E-state index in [9.17, 15) is 18.4 Å². The molecule has 0 aliphatic heterocycles. The standard InChI is InChI=1S/C24H24F2N6O3/c25-17-5-4-15(13-16(17)22(33)28-11-12-29-23(34)35)19-6-7-20(32-31-19)30-14-24(8-2-9-24)21-18(26)3-1-10-27-21/h1,3-7,10,13,29H,2,8-9,11-12,14H2,(H,28,33)(H,30,32)(H,34,35). The van der Waals surface area contributed by atoms with Crippen LogP contribution in [0.2, 0.25) is 0 Å². The van der Waals surface area contributed by atoms with Crippen molar-refractivity contribution in [2.24, 2.45) is 0 Å². The molecule has 11 heteroatoms. The number of rotatable bonds is 9. The second-order valence-corrected chi connectivity index (χ2v) is 8.31. The van der Waals surface area contributed by atoms with Crippen molar-refractivity contribution in [3.8, 4) is 11.3 Å². The number of carboxylic acid groups (broad SMARTS) is 1. The number of amides is 2. The van der Waals surface area contributed by atoms with Crippen molar-refractivity contribution in [1.29, 1.82) is 0 Å². The van der Waals surface area contributed by atoms with E-state index in [0.29, 0.717) is 29.3 Å². The van der Waals surface area contributed by atoms with Gasteiger partial charge in [-0.25, -0.2) is 13.6 Å². The Morgan fingerprint density at radius 3 is 2.46 bits per heavy atom. The number of nitrogens with zero attached hydrogens (tertiary/aromatic N) is 3. The van der Waals surface area contributed by atoms with Gasteiger partial charge in [-0.3, -0.25) is 9.78 Å². The van der Waals surface area contributed by atoms with Gasteiger partial charge in [-0.2, -0.15) is 0 Å². The zero-order valence-corrected chi connectivity index (χ0v) is 18.7. The van der Waals surface area contributed by atoms with Gasteiger partial charge < -0.3 is 21.1 Å². The number of nitrogens with one attached hydrogen (secondary N) is 3. The van der Waals surface area contributed by atoms with Crippen LogP contribution in [0.15, 0.2) is 48.7 Å². The molecule has 4 N–H and O–H groups in total. The molecule has 4 rings (SSSR count). The molecule has 0 atom stereocenters. The zero-order chi connectivity index (χ0) is 24.8. The van der Waals surface area contributed by atoms with E-state index in [4.69, 9.17) is 5.11 Å². The highest BCUT2D eigenvalue weighted by atomic mass is 19.1. The molecular weight excluding hydrogens is 458 g/mol. The first-order chi connectivity index (χ1) is 16.9. The predicted molar refractivity (Wildman–Crippen MR) is 124 cm³/mol. The first kappa shape index (κ1) is 24.0. The van der Waals surface area contributed by atoms with Crippen LogP contribution in [-0.2, 0) is 5.41 Å². The normalized spacial score (nSPS) is 14.0. The van der Waals surface area contributed by atoms with Crippen LogP contribution >= 0.6 is 0 Å². The van der Waals surface area contributed by atoms with E-state index in [1.165, 1.54) is 18.2 Å². The van der Waals surface area contributed by atoms with Crippen molar-refractivity contribution in [2.75, 3.05) is 25.0 Å². The number of halogens is 2. The molecule has 9 nitrogen and oxygen atoms in total. The first-order valence-electron chi connectivity index (χ1n) is 11.1. The summed E-state index contributed by atoms with van der Waals surface area (Å²) in [5.41, 5.74) is 0.812. The summed E-state index contributed by atoms with van der Waals surface area (Å²) in [4.78, 5) is 27.0. The molecule has 1 fully saturated rings. The van der Waals surface area contributed by atoms with Crippen molar-refractivity contribution in [2.45, 2.75) is 24.7 Å². The molecule has 3 aromatic rings. The van der Waals surface area contributed by atoms with Crippen LogP contribution in [0.1, 0.15) is 35.3 Å². The molecule has 1 aromatic carbocycles. The van der Waals surface area contributed by atoms with Crippen molar-refractivity contribution >= 4 is 17.8 Å². The number of benzene rings is 1. The van der Waals surface area contributed by atoms with Crippen molar-refractivity contribution in [3.63, 3.8) is 0 Å². The SMILES string of the molecule is O=C(O)NCCNC(=O)c1cc(-c2ccc(NCC3(c4ncccc4F)CCC3)nn2)ccc1F. The lowest BCUT2D eigenvalue weighted by Gasteiger charge is -2.41. The van der Waals surface area contributed by atoms with Crippen LogP contribution in [0.3, 0.4) is 0 Å². The van der Waals surface area contributed by atoms with Crippen LogP contribution < -0.4 is 16.0 Å². The number of carbonyl (C=O) groups is 2. The molecule has 2 amide bonds. The number of anilines is 1. The topological polar surface area (TPSA) is 129 Å². The highest BCUT2D eigenvalue weighted by molar-refractivity contribution is 5.95. The third-order valence-electron chi connectivity index (χ3n) is 6.04. The third-order valence-corrected chi connectivity index (χ3v) is 6.04. The molecule has 1 saturated carbocycles. The van der Waals surface area contributed by atoms with Crippen LogP contribution in [0.5, 0.6) is 0 Å². The van der Waals surface area contributed by atoms with E-state index >= 15 is 0 Å². The Balaban J connectivity index is 1.41. The Morgan fingerprint density at radius 1 is 1.00 bits per heavy atom. The highest BCUT2D eigenvalue weighted by Gasteiger charge is 2.41. The lowest BCUT2D eigenvalue weighted by Crippen LogP contribution is -2.42. The van der Waals surface area contributed by atoms with Gasteiger partial charge in [0.15, 0.2) is 0 Å². The van der Waals surface area contributed by atoms with E-state index < -0.39 is 17.8 Å². The summed E-state index contributed by atoms with van der Waals surface area (Å²) in [7, 11) is 0. The number of aromatic nitrogens is 3. The third kappa shape index (κ3) is 5.51. The lowest BCUT2D eigenvalue weighted by atomic mass is 9.66. The summed E-state index contributed by atoms with van der Waals surface area (Å²) < 4.78 is 28.5. The van der Waals surface area contributed by atoms with Gasteiger partial charge in [-0.05, 0) is 55.3 Å². The largest absolute Gasteiger partial charge is 0.465 e. The fourth-order valence-corrected chi connectivity index (χ4v) is 4.02. The number of pyridine rings is 1. The van der Waals surface area contributed by atoms with Crippen molar-refractivity contribution in [1.82, 2.24) is 25.8 Å². The Morgan fingerprint density at radius 2 is 1.80 bits per heavy atom. The summed E-state index contributed by atoms with van der Waals surface area (Å²) in [6, 6.07) is 10.4. The van der Waals surface area contributed by atoms with Crippen LogP contribution in [0.25, 0.3) is 11.3 Å². The Labute approximate surface area is 200 Å². The van der Waals surface area contributed by atoms with Crippen molar-refractivity contribution < 1.29 is 23.5 Å². The highest BCUT2D eigenvalue weighted by Crippen LogP contribution is 2.43. The van der Waals surface area contributed by atoms with Crippen LogP contribution in [0.4, 0.5) is 19.4 Å². The molecular formula is C24H24F2N6O3. The van der Waals surface area contributed by atoms with E-state index in [0.717, 1.165) is 25.3 Å². The fraction of sp³-hybridized carbons (Fsp3) is 0.292. The number of hydrogen-bond acceptors (Lipinski definition) is 6. The molecule has 0 unspecified atom stereocenters. The Hall–Kier alpha value is -4.15. The molecule has 2 aromatic heterocycles. The average molecular weight is 482 g/mol. The maximum absolute atomic E-state index is 14.3. The second kappa shape index (κ2) is 10.4. The second-order valence-electron chi connectivity index (χ2n) is 8.31. The lowest BCUT2D eigenvalue weighted by molar-refractivity contribution is 0.0949. The average Bonchev–Trinajstić information content (AvgIpc) is 2.82. The first-order valence-corrected chi connectivity index (χ1v) is 11.1. The molecule has 0 spiro atoms. The van der Waals surface area contributed by atoms with Gasteiger partial charge in [0, 0.05) is 36.8 Å². The molecule has 0 saturated heterocycles. The van der Waals surface area contributed by atoms with Crippen molar-refractivity contribution in [3.05, 3.63) is 71.6 Å². The van der Waals surface area contributed by atoms with Gasteiger partial charge in [0.25, 0.3) is 5.91 Å². The van der Waals surface area contributed by atoms with E-state index in [1.807, 2.05) is 0 Å². The van der Waals surface area contributed by atoms with Gasteiger partial charge >= 0.3 is 6.09 Å². The summed E-state index contributed by atoms with van der Waals surface area (Å²) in [6.07, 6.45) is 3.03. The van der Waals surface area contributed by atoms with Gasteiger partial charge in [-0.1, -0.05) is 6.42 Å². The van der Waals surface area contributed by atoms with Crippen LogP contribution in [-0.4, -0.2) is 51.9 Å². The Bertz CT molecular complexity index is 1220. The van der Waals surface area contributed by atoms with E-state index in [2.05, 4.69) is 31.1 Å². The number of hydrogen-bond donors (Lipinski definition) is 4. The fourth-order valence-electron chi connectivity index (χ4n) is 4.02. The minimum Gasteiger partial charge on any atom is -0.465 e. The molecule has 0 bridgehead atoms. The summed E-state index contributed by atoms with van der Waals surface area (Å²) in [5, 5.41) is 24.7. The summed E-state index contributed by atoms with van der Waals surface area (Å²) >= 11 is 0. The number of carbonyl (C=O) groups excluding carboxylic acids is 1. The minimum absolute atomic E-state index is 0.00339. The predicted octanol–water partition coefficient (Wildman–Crippen LogP) is 3.35. The van der Waals surface area contributed by atoms with E-state index in [-0.39, 0.29) is 29.9 Å². The van der Waals surface area contributed by atoms with Gasteiger partial charge in [0.1, 0.15) is 17.5 Å². The maximum Gasteiger partial charge on any atom is 0.404 e. The van der Waals surface area contributed by atoms with Gasteiger partial charge in [-0.15, -0.1) is 10.2 Å². The molecule has 1 aliphatic carbocycles. The quantitative estimate of drug-likeness (QED) is 0.344. The monoisotopic (exact) mass is 482 g/mol. The molecule has 0 radical (unpaired) electrons. The molecule has 2 heterocycles. The van der Waals surface area contributed by atoms with Crippen LogP contribution in [0, 0.1) is 11.6 Å². The zero-order valence-electron chi connectivity index (χ0n) is 18.7. The smallest absolute Gasteiger partial charge is 0.404 e. The maximum atomic E-state index is 14.3. The van der Waals surface area contributed by atoms with Gasteiger partial charge in [0.2, 0.25) is 0 Å². The van der Waals surface area contributed by atoms with E-state index in [1.54, 1.807) is 24.4 Å². The Kier molecular flexibility index (Phi) is 7.14. The molecule has 35 heavy (non-hydrogen) atoms. The summed E-state index contributed by atoms with van der Waals surface area (Å²) in [6.45, 7) is 0.474.